The van der Waals surface area contributed by atoms with Crippen LogP contribution >= 0.6 is 7.82 Å². The molecule has 256 valence electrons. The number of ether oxygens (including phenoxy) is 1. The van der Waals surface area contributed by atoms with Gasteiger partial charge in [0.25, 0.3) is 0 Å². The smallest absolute Gasteiger partial charge is 0.472 e. The number of rotatable bonds is 32. The van der Waals surface area contributed by atoms with Crippen molar-refractivity contribution in [2.24, 2.45) is 0 Å². The molecule has 0 saturated carbocycles. The molecule has 0 radical (unpaired) electrons. The fourth-order valence-electron chi connectivity index (χ4n) is 4.62. The van der Waals surface area contributed by atoms with E-state index in [0.717, 1.165) is 25.7 Å². The average molecular weight is 638 g/mol. The molecule has 3 N–H and O–H groups in total. The van der Waals surface area contributed by atoms with E-state index >= 15 is 0 Å². The van der Waals surface area contributed by atoms with Gasteiger partial charge < -0.3 is 24.5 Å². The van der Waals surface area contributed by atoms with E-state index in [9.17, 15) is 19.0 Å². The first kappa shape index (κ1) is 42.0. The van der Waals surface area contributed by atoms with Gasteiger partial charge in [-0.3, -0.25) is 18.6 Å². The summed E-state index contributed by atoms with van der Waals surface area (Å²) in [5.41, 5.74) is 0. The number of carboxylic acids is 1. The van der Waals surface area contributed by atoms with E-state index < -0.39 is 19.8 Å². The summed E-state index contributed by atoms with van der Waals surface area (Å²) >= 11 is 0. The molecule has 0 aliphatic carbocycles. The van der Waals surface area contributed by atoms with Crippen LogP contribution in [0.3, 0.4) is 0 Å². The Balaban J connectivity index is 4.25. The predicted octanol–water partition coefficient (Wildman–Crippen LogP) is 7.23. The maximum Gasteiger partial charge on any atom is 0.472 e. The van der Waals surface area contributed by atoms with Crippen LogP contribution in [0, 0.1) is 0 Å². The highest BCUT2D eigenvalue weighted by Crippen LogP contribution is 2.43. The summed E-state index contributed by atoms with van der Waals surface area (Å²) in [5, 5.41) is 11.6. The lowest BCUT2D eigenvalue weighted by atomic mass is 10.0. The molecule has 0 spiro atoms. The summed E-state index contributed by atoms with van der Waals surface area (Å²) in [6, 6.07) is -0.575. The van der Waals surface area contributed by atoms with Crippen LogP contribution in [0.15, 0.2) is 0 Å². The Morgan fingerprint density at radius 1 is 0.698 bits per heavy atom. The van der Waals surface area contributed by atoms with Crippen molar-refractivity contribution >= 4 is 19.7 Å². The number of unbranched alkanes of at least 4 members (excludes halogenated alkanes) is 16. The number of quaternary nitrogens is 1. The minimum atomic E-state index is -4.26. The van der Waals surface area contributed by atoms with Gasteiger partial charge in [-0.05, 0) is 19.3 Å². The van der Waals surface area contributed by atoms with Gasteiger partial charge in [0.05, 0.1) is 40.4 Å². The quantitative estimate of drug-likeness (QED) is 0.0400. The normalized spacial score (nSPS) is 14.0. The molecule has 11 heteroatoms. The number of amides is 1. The highest BCUT2D eigenvalue weighted by molar-refractivity contribution is 7.47. The second-order valence-electron chi connectivity index (χ2n) is 12.9. The molecule has 0 aliphatic heterocycles. The number of hydrogen-bond donors (Lipinski definition) is 3. The zero-order valence-electron chi connectivity index (χ0n) is 28.0. The van der Waals surface area contributed by atoms with E-state index in [2.05, 4.69) is 12.2 Å². The van der Waals surface area contributed by atoms with Crippen molar-refractivity contribution in [2.45, 2.75) is 141 Å². The molecule has 0 aromatic rings. The van der Waals surface area contributed by atoms with Crippen LogP contribution in [0.25, 0.3) is 0 Å². The van der Waals surface area contributed by atoms with Crippen LogP contribution in [0.1, 0.15) is 135 Å². The van der Waals surface area contributed by atoms with Crippen molar-refractivity contribution in [3.63, 3.8) is 0 Å². The lowest BCUT2D eigenvalue weighted by Gasteiger charge is -2.24. The van der Waals surface area contributed by atoms with Crippen molar-refractivity contribution in [1.29, 1.82) is 0 Å². The number of hydrogen-bond acceptors (Lipinski definition) is 6. The van der Waals surface area contributed by atoms with E-state index in [4.69, 9.17) is 18.9 Å². The molecule has 0 aromatic carbocycles. The molecule has 0 rings (SSSR count). The third-order valence-electron chi connectivity index (χ3n) is 7.33. The molecule has 0 heterocycles. The second kappa shape index (κ2) is 27.3. The highest BCUT2D eigenvalue weighted by Gasteiger charge is 2.25. The van der Waals surface area contributed by atoms with Gasteiger partial charge in [-0.1, -0.05) is 103 Å². The fraction of sp³-hybridized carbons (Fsp3) is 0.938. The maximum atomic E-state index is 12.5. The fourth-order valence-corrected chi connectivity index (χ4v) is 5.38. The Hall–Kier alpha value is -1.03. The number of carboxylic acid groups (broad SMARTS) is 1. The molecule has 0 bridgehead atoms. The molecular formula is C32H66N2O8P+. The third kappa shape index (κ3) is 32.2. The van der Waals surface area contributed by atoms with Crippen molar-refractivity contribution in [3.8, 4) is 0 Å². The maximum absolute atomic E-state index is 12.5. The number of nitrogens with one attached hydrogen (secondary N) is 1. The van der Waals surface area contributed by atoms with Gasteiger partial charge in [-0.15, -0.1) is 0 Å². The van der Waals surface area contributed by atoms with Gasteiger partial charge in [0.15, 0.2) is 0 Å². The number of phosphoric acid groups is 1. The molecular weight excluding hydrogens is 571 g/mol. The van der Waals surface area contributed by atoms with E-state index in [0.29, 0.717) is 36.9 Å². The van der Waals surface area contributed by atoms with Gasteiger partial charge >= 0.3 is 13.8 Å². The first-order valence-corrected chi connectivity index (χ1v) is 18.5. The van der Waals surface area contributed by atoms with Gasteiger partial charge in [-0.25, -0.2) is 4.57 Å². The molecule has 1 amide bonds. The van der Waals surface area contributed by atoms with Crippen LogP contribution < -0.4 is 5.32 Å². The number of likely N-dealkylation sites (N-methyl/N-ethyl adjacent to an activating group) is 1. The minimum Gasteiger partial charge on any atom is -0.481 e. The topological polar surface area (TPSA) is 131 Å². The molecule has 43 heavy (non-hydrogen) atoms. The van der Waals surface area contributed by atoms with Crippen molar-refractivity contribution < 1.29 is 42.4 Å². The van der Waals surface area contributed by atoms with Crippen LogP contribution in [0.4, 0.5) is 0 Å². The summed E-state index contributed by atoms with van der Waals surface area (Å²) < 4.78 is 29.0. The minimum absolute atomic E-state index is 0.0752. The average Bonchev–Trinajstić information content (AvgIpc) is 2.92. The molecule has 0 saturated heterocycles. The van der Waals surface area contributed by atoms with E-state index in [1.807, 2.05) is 21.1 Å². The molecule has 0 fully saturated rings. The summed E-state index contributed by atoms with van der Waals surface area (Å²) in [7, 11) is 1.62. The molecule has 2 atom stereocenters. The zero-order chi connectivity index (χ0) is 32.2. The molecule has 2 unspecified atom stereocenters. The SMILES string of the molecule is CCCCCCCCCCCCCCCCOCC(COP(=O)(O)OCC[N+](C)(C)C)NC(=O)CCCCCCC(=O)O. The predicted molar refractivity (Wildman–Crippen MR) is 173 cm³/mol. The Bertz CT molecular complexity index is 733. The molecule has 0 aliphatic rings. The number of phosphoric ester groups is 1. The van der Waals surface area contributed by atoms with Crippen LogP contribution in [0.5, 0.6) is 0 Å². The zero-order valence-corrected chi connectivity index (χ0v) is 28.9. The summed E-state index contributed by atoms with van der Waals surface area (Å²) in [6.45, 7) is 3.43. The van der Waals surface area contributed by atoms with Crippen molar-refractivity contribution in [2.75, 3.05) is 54.1 Å². The molecule has 10 nitrogen and oxygen atoms in total. The lowest BCUT2D eigenvalue weighted by molar-refractivity contribution is -0.870. The highest BCUT2D eigenvalue weighted by atomic mass is 31.2. The first-order chi connectivity index (χ1) is 20.4. The van der Waals surface area contributed by atoms with Crippen LogP contribution in [-0.4, -0.2) is 86.5 Å². The Labute approximate surface area is 262 Å². The Morgan fingerprint density at radius 2 is 1.19 bits per heavy atom. The standard InChI is InChI=1S/C32H65N2O8P/c1-5-6-7-8-9-10-11-12-13-14-15-16-19-22-26-40-28-30(29-42-43(38,39)41-27-25-34(2,3)4)33-31(35)23-20-17-18-21-24-32(36)37/h30H,5-29H2,1-4H3,(H2-,33,35,36,37,38,39)/p+1. The van der Waals surface area contributed by atoms with Gasteiger partial charge in [0.1, 0.15) is 13.2 Å². The van der Waals surface area contributed by atoms with Gasteiger partial charge in [0.2, 0.25) is 5.91 Å². The van der Waals surface area contributed by atoms with Gasteiger partial charge in [-0.2, -0.15) is 0 Å². The van der Waals surface area contributed by atoms with E-state index in [1.165, 1.54) is 77.0 Å². The molecule has 0 aromatic heterocycles. The number of carbonyl (C=O) groups excluding carboxylic acids is 1. The monoisotopic (exact) mass is 637 g/mol. The third-order valence-corrected chi connectivity index (χ3v) is 8.31. The van der Waals surface area contributed by atoms with Crippen molar-refractivity contribution in [1.82, 2.24) is 5.32 Å². The first-order valence-electron chi connectivity index (χ1n) is 17.0. The Morgan fingerprint density at radius 3 is 1.70 bits per heavy atom. The summed E-state index contributed by atoms with van der Waals surface area (Å²) in [5.74, 6) is -0.997. The number of nitrogens with zero attached hydrogens (tertiary/aromatic N) is 1. The Kier molecular flexibility index (Phi) is 26.6. The number of aliphatic carboxylic acids is 1. The van der Waals surface area contributed by atoms with E-state index in [-0.39, 0.29) is 32.1 Å². The van der Waals surface area contributed by atoms with Crippen LogP contribution in [-0.2, 0) is 27.9 Å². The van der Waals surface area contributed by atoms with E-state index in [1.54, 1.807) is 0 Å². The van der Waals surface area contributed by atoms with Gasteiger partial charge in [0, 0.05) is 19.4 Å². The summed E-state index contributed by atoms with van der Waals surface area (Å²) in [6.07, 6.45) is 21.2. The summed E-state index contributed by atoms with van der Waals surface area (Å²) in [4.78, 5) is 33.2. The lowest BCUT2D eigenvalue weighted by Crippen LogP contribution is -2.41. The largest absolute Gasteiger partial charge is 0.481 e. The second-order valence-corrected chi connectivity index (χ2v) is 14.3. The van der Waals surface area contributed by atoms with Crippen LogP contribution in [0.2, 0.25) is 0 Å². The van der Waals surface area contributed by atoms with Crippen molar-refractivity contribution in [3.05, 3.63) is 0 Å². The number of carbonyl (C=O) groups is 2.